The van der Waals surface area contributed by atoms with E-state index in [2.05, 4.69) is 84.9 Å². The third-order valence-electron chi connectivity index (χ3n) is 7.63. The van der Waals surface area contributed by atoms with Crippen LogP contribution >= 0.6 is 23.5 Å². The van der Waals surface area contributed by atoms with Gasteiger partial charge in [0.1, 0.15) is 5.82 Å². The lowest BCUT2D eigenvalue weighted by Gasteiger charge is -2.24. The molecule has 1 aromatic heterocycles. The fourth-order valence-electron chi connectivity index (χ4n) is 5.79. The highest BCUT2D eigenvalue weighted by Gasteiger charge is 2.23. The van der Waals surface area contributed by atoms with E-state index in [1.807, 2.05) is 35.7 Å². The SMILES string of the molecule is Fc1ccc2c3ccccc3c3cc(-c4cccc(-c5cccc6c5SC5=C(CCC=C5)S6)n4)ccc3c2c1. The van der Waals surface area contributed by atoms with Gasteiger partial charge in [-0.15, -0.1) is 0 Å². The van der Waals surface area contributed by atoms with Crippen molar-refractivity contribution in [2.45, 2.75) is 22.6 Å². The Bertz CT molecular complexity index is 2040. The van der Waals surface area contributed by atoms with Gasteiger partial charge in [0.05, 0.1) is 11.4 Å². The van der Waals surface area contributed by atoms with Crippen LogP contribution in [0, 0.1) is 5.82 Å². The second-order valence-corrected chi connectivity index (χ2v) is 12.2. The summed E-state index contributed by atoms with van der Waals surface area (Å²) in [6.45, 7) is 0. The lowest BCUT2D eigenvalue weighted by molar-refractivity contribution is 0.630. The van der Waals surface area contributed by atoms with Crippen molar-refractivity contribution in [3.8, 4) is 22.5 Å². The number of benzene rings is 5. The van der Waals surface area contributed by atoms with E-state index < -0.39 is 0 Å². The van der Waals surface area contributed by atoms with Crippen molar-refractivity contribution >= 4 is 55.8 Å². The molecule has 1 aliphatic carbocycles. The molecule has 0 atom stereocenters. The number of thioether (sulfide) groups is 2. The van der Waals surface area contributed by atoms with Crippen molar-refractivity contribution in [1.82, 2.24) is 4.98 Å². The molecule has 5 aromatic carbocycles. The van der Waals surface area contributed by atoms with Crippen LogP contribution in [-0.4, -0.2) is 4.98 Å². The van der Waals surface area contributed by atoms with Crippen molar-refractivity contribution in [3.05, 3.63) is 125 Å². The quantitative estimate of drug-likeness (QED) is 0.203. The number of hydrogen-bond acceptors (Lipinski definition) is 3. The van der Waals surface area contributed by atoms with Crippen LogP contribution in [0.5, 0.6) is 0 Å². The highest BCUT2D eigenvalue weighted by molar-refractivity contribution is 8.09. The molecule has 186 valence electrons. The predicted octanol–water partition coefficient (Wildman–Crippen LogP) is 10.8. The molecule has 1 aliphatic heterocycles. The van der Waals surface area contributed by atoms with Crippen LogP contribution in [0.25, 0.3) is 54.8 Å². The third-order valence-corrected chi connectivity index (χ3v) is 10.4. The van der Waals surface area contributed by atoms with Crippen LogP contribution in [0.3, 0.4) is 0 Å². The molecule has 1 nitrogen and oxygen atoms in total. The molecule has 0 saturated carbocycles. The molecule has 39 heavy (non-hydrogen) atoms. The van der Waals surface area contributed by atoms with Gasteiger partial charge in [0.15, 0.2) is 0 Å². The van der Waals surface area contributed by atoms with Crippen molar-refractivity contribution in [2.75, 3.05) is 0 Å². The smallest absolute Gasteiger partial charge is 0.123 e. The van der Waals surface area contributed by atoms with E-state index in [1.54, 1.807) is 12.1 Å². The second-order valence-electron chi connectivity index (χ2n) is 9.97. The maximum absolute atomic E-state index is 14.3. The zero-order chi connectivity index (χ0) is 25.9. The van der Waals surface area contributed by atoms with Gasteiger partial charge in [-0.3, -0.25) is 0 Å². The molecular weight excluding hydrogens is 518 g/mol. The molecule has 0 fully saturated rings. The average Bonchev–Trinajstić information content (AvgIpc) is 2.99. The number of halogens is 1. The first kappa shape index (κ1) is 23.1. The van der Waals surface area contributed by atoms with Crippen molar-refractivity contribution in [3.63, 3.8) is 0 Å². The number of pyridine rings is 1. The molecule has 0 N–H and O–H groups in total. The number of allylic oxidation sites excluding steroid dienone is 3. The molecular formula is C35H22FNS2. The minimum absolute atomic E-state index is 0.216. The Morgan fingerprint density at radius 3 is 2.31 bits per heavy atom. The summed E-state index contributed by atoms with van der Waals surface area (Å²) in [6, 6.07) is 32.8. The Morgan fingerprint density at radius 2 is 1.38 bits per heavy atom. The monoisotopic (exact) mass is 539 g/mol. The van der Waals surface area contributed by atoms with E-state index in [1.165, 1.54) is 30.6 Å². The molecule has 0 saturated heterocycles. The highest BCUT2D eigenvalue weighted by Crippen LogP contribution is 2.52. The maximum Gasteiger partial charge on any atom is 0.123 e. The van der Waals surface area contributed by atoms with Gasteiger partial charge in [0, 0.05) is 30.7 Å². The lowest BCUT2D eigenvalue weighted by Crippen LogP contribution is -1.98. The predicted molar refractivity (Wildman–Crippen MR) is 165 cm³/mol. The number of rotatable bonds is 2. The maximum atomic E-state index is 14.3. The number of nitrogens with zero attached hydrogens (tertiary/aromatic N) is 1. The molecule has 2 aliphatic rings. The summed E-state index contributed by atoms with van der Waals surface area (Å²) in [4.78, 5) is 10.6. The fourth-order valence-corrected chi connectivity index (χ4v) is 8.35. The van der Waals surface area contributed by atoms with E-state index in [4.69, 9.17) is 4.98 Å². The van der Waals surface area contributed by atoms with Gasteiger partial charge in [0.2, 0.25) is 0 Å². The minimum atomic E-state index is -0.216. The van der Waals surface area contributed by atoms with Gasteiger partial charge in [-0.05, 0) is 81.6 Å². The molecule has 2 heterocycles. The molecule has 0 amide bonds. The summed E-state index contributed by atoms with van der Waals surface area (Å²) < 4.78 is 14.3. The van der Waals surface area contributed by atoms with Crippen molar-refractivity contribution in [1.29, 1.82) is 0 Å². The average molecular weight is 540 g/mol. The Balaban J connectivity index is 1.28. The van der Waals surface area contributed by atoms with Gasteiger partial charge in [0.25, 0.3) is 0 Å². The molecule has 0 radical (unpaired) electrons. The fraction of sp³-hybridized carbons (Fsp3) is 0.0571. The normalized spacial score (nSPS) is 14.7. The highest BCUT2D eigenvalue weighted by atomic mass is 32.2. The van der Waals surface area contributed by atoms with Gasteiger partial charge >= 0.3 is 0 Å². The van der Waals surface area contributed by atoms with Crippen LogP contribution in [0.15, 0.2) is 129 Å². The van der Waals surface area contributed by atoms with Crippen LogP contribution in [0.2, 0.25) is 0 Å². The lowest BCUT2D eigenvalue weighted by atomic mass is 9.92. The Hall–Kier alpha value is -3.86. The van der Waals surface area contributed by atoms with Crippen molar-refractivity contribution in [2.24, 2.45) is 0 Å². The molecule has 8 rings (SSSR count). The molecule has 6 aromatic rings. The van der Waals surface area contributed by atoms with Crippen LogP contribution in [-0.2, 0) is 0 Å². The zero-order valence-corrected chi connectivity index (χ0v) is 22.6. The second kappa shape index (κ2) is 9.11. The summed E-state index contributed by atoms with van der Waals surface area (Å²) >= 11 is 3.78. The van der Waals surface area contributed by atoms with Crippen LogP contribution < -0.4 is 0 Å². The number of aromatic nitrogens is 1. The third kappa shape index (κ3) is 3.82. The summed E-state index contributed by atoms with van der Waals surface area (Å²) in [5.41, 5.74) is 4.13. The Labute approximate surface area is 234 Å². The van der Waals surface area contributed by atoms with Gasteiger partial charge in [-0.25, -0.2) is 9.37 Å². The first-order valence-electron chi connectivity index (χ1n) is 13.1. The van der Waals surface area contributed by atoms with E-state index in [0.29, 0.717) is 0 Å². The standard InChI is InChI=1S/C35H22FNS2/c36-22-16-18-25-23-7-1-2-8-24(23)28-19-21(15-17-26(28)29(25)20-22)30-10-6-11-31(37-30)27-9-5-14-34-35(27)39-33-13-4-3-12-32(33)38-34/h1-2,4-11,13-20H,3,12H2. The summed E-state index contributed by atoms with van der Waals surface area (Å²) in [5, 5.41) is 6.48. The van der Waals surface area contributed by atoms with E-state index in [-0.39, 0.29) is 5.82 Å². The first-order chi connectivity index (χ1) is 19.2. The topological polar surface area (TPSA) is 12.9 Å². The summed E-state index contributed by atoms with van der Waals surface area (Å²) in [6.07, 6.45) is 6.80. The van der Waals surface area contributed by atoms with Gasteiger partial charge in [-0.1, -0.05) is 96.3 Å². The van der Waals surface area contributed by atoms with Crippen LogP contribution in [0.1, 0.15) is 12.8 Å². The Morgan fingerprint density at radius 1 is 0.641 bits per heavy atom. The van der Waals surface area contributed by atoms with E-state index in [0.717, 1.165) is 56.7 Å². The van der Waals surface area contributed by atoms with Crippen molar-refractivity contribution < 1.29 is 4.39 Å². The molecule has 0 spiro atoms. The largest absolute Gasteiger partial charge is 0.248 e. The summed E-state index contributed by atoms with van der Waals surface area (Å²) in [5.74, 6) is -0.216. The molecule has 4 heteroatoms. The molecule has 0 bridgehead atoms. The minimum Gasteiger partial charge on any atom is -0.248 e. The number of hydrogen-bond donors (Lipinski definition) is 0. The van der Waals surface area contributed by atoms with Crippen LogP contribution in [0.4, 0.5) is 4.39 Å². The summed E-state index contributed by atoms with van der Waals surface area (Å²) in [7, 11) is 0. The first-order valence-corrected chi connectivity index (χ1v) is 14.8. The Kier molecular flexibility index (Phi) is 5.39. The number of fused-ring (bicyclic) bond motifs is 7. The van der Waals surface area contributed by atoms with Gasteiger partial charge in [-0.2, -0.15) is 0 Å². The van der Waals surface area contributed by atoms with E-state index in [9.17, 15) is 4.39 Å². The molecule has 0 unspecified atom stereocenters. The zero-order valence-electron chi connectivity index (χ0n) is 20.9. The van der Waals surface area contributed by atoms with E-state index >= 15 is 0 Å². The van der Waals surface area contributed by atoms with Gasteiger partial charge < -0.3 is 0 Å².